The Kier molecular flexibility index (Phi) is 6.17. The van der Waals surface area contributed by atoms with Crippen molar-refractivity contribution in [2.45, 2.75) is 46.3 Å². The average molecular weight is 277 g/mol. The van der Waals surface area contributed by atoms with Crippen LogP contribution in [-0.2, 0) is 11.3 Å². The fraction of sp³-hybridized carbons (Fsp3) is 0.562. The molecule has 0 saturated carbocycles. The van der Waals surface area contributed by atoms with Gasteiger partial charge in [0.2, 0.25) is 5.91 Å². The van der Waals surface area contributed by atoms with Crippen molar-refractivity contribution in [2.24, 2.45) is 11.7 Å². The second kappa shape index (κ2) is 7.41. The van der Waals surface area contributed by atoms with Crippen molar-refractivity contribution in [1.82, 2.24) is 4.90 Å². The number of carbonyl (C=O) groups excluding carboxylic acids is 1. The second-order valence-corrected chi connectivity index (χ2v) is 5.72. The predicted molar refractivity (Wildman–Crippen MR) is 84.5 cm³/mol. The minimum atomic E-state index is -0.165. The molecule has 4 nitrogen and oxygen atoms in total. The van der Waals surface area contributed by atoms with Crippen molar-refractivity contribution in [3.8, 4) is 0 Å². The van der Waals surface area contributed by atoms with Crippen molar-refractivity contribution >= 4 is 11.6 Å². The van der Waals surface area contributed by atoms with Crippen molar-refractivity contribution < 1.29 is 4.79 Å². The first-order valence-electron chi connectivity index (χ1n) is 7.18. The van der Waals surface area contributed by atoms with E-state index < -0.39 is 0 Å². The molecule has 20 heavy (non-hydrogen) atoms. The van der Waals surface area contributed by atoms with E-state index in [0.717, 1.165) is 11.3 Å². The zero-order valence-corrected chi connectivity index (χ0v) is 13.2. The highest BCUT2D eigenvalue weighted by Gasteiger charge is 2.23. The minimum absolute atomic E-state index is 0.0144. The highest BCUT2D eigenvalue weighted by molar-refractivity contribution is 5.94. The number of carbonyl (C=O) groups is 1. The molecule has 0 fully saturated rings. The predicted octanol–water partition coefficient (Wildman–Crippen LogP) is 2.45. The van der Waals surface area contributed by atoms with Gasteiger partial charge in [-0.1, -0.05) is 26.0 Å². The molecular formula is C16H27N3O. The maximum Gasteiger partial charge on any atom is 0.241 e. The first-order valence-corrected chi connectivity index (χ1v) is 7.18. The van der Waals surface area contributed by atoms with E-state index in [1.54, 1.807) is 0 Å². The first-order chi connectivity index (χ1) is 9.36. The first kappa shape index (κ1) is 16.7. The van der Waals surface area contributed by atoms with Gasteiger partial charge in [0.25, 0.3) is 0 Å². The lowest BCUT2D eigenvalue weighted by Crippen LogP contribution is -2.46. The van der Waals surface area contributed by atoms with E-state index in [1.807, 2.05) is 38.2 Å². The minimum Gasteiger partial charge on any atom is -0.326 e. The summed E-state index contributed by atoms with van der Waals surface area (Å²) in [7, 11) is 1.99. The number of nitrogens with zero attached hydrogens (tertiary/aromatic N) is 1. The zero-order chi connectivity index (χ0) is 15.3. The summed E-state index contributed by atoms with van der Waals surface area (Å²) in [5.41, 5.74) is 7.42. The summed E-state index contributed by atoms with van der Waals surface area (Å²) in [6.45, 7) is 8.92. The smallest absolute Gasteiger partial charge is 0.241 e. The fourth-order valence-electron chi connectivity index (χ4n) is 1.98. The highest BCUT2D eigenvalue weighted by atomic mass is 16.2. The van der Waals surface area contributed by atoms with Crippen LogP contribution < -0.4 is 11.1 Å². The van der Waals surface area contributed by atoms with Crippen LogP contribution in [0.15, 0.2) is 24.3 Å². The molecule has 1 aromatic rings. The van der Waals surface area contributed by atoms with Crippen LogP contribution in [0.2, 0.25) is 0 Å². The Labute approximate surface area is 122 Å². The third kappa shape index (κ3) is 4.32. The Morgan fingerprint density at radius 3 is 2.20 bits per heavy atom. The Morgan fingerprint density at radius 1 is 1.20 bits per heavy atom. The third-order valence-electron chi connectivity index (χ3n) is 4.05. The Bertz CT molecular complexity index is 428. The summed E-state index contributed by atoms with van der Waals surface area (Å²) in [4.78, 5) is 14.4. The van der Waals surface area contributed by atoms with Crippen LogP contribution in [0.4, 0.5) is 5.69 Å². The van der Waals surface area contributed by atoms with Crippen LogP contribution in [0.3, 0.4) is 0 Å². The van der Waals surface area contributed by atoms with Crippen molar-refractivity contribution in [3.05, 3.63) is 29.8 Å². The largest absolute Gasteiger partial charge is 0.326 e. The van der Waals surface area contributed by atoms with Gasteiger partial charge in [-0.3, -0.25) is 9.69 Å². The quantitative estimate of drug-likeness (QED) is 0.839. The van der Waals surface area contributed by atoms with E-state index in [-0.39, 0.29) is 11.9 Å². The SMILES string of the molecule is CC(C)C(C)N(C)C(C)C(=O)Nc1ccc(CN)cc1. The number of likely N-dealkylation sites (N-methyl/N-ethyl adjacent to an activating group) is 1. The van der Waals surface area contributed by atoms with Gasteiger partial charge in [0.1, 0.15) is 0 Å². The molecule has 1 amide bonds. The molecular weight excluding hydrogens is 250 g/mol. The zero-order valence-electron chi connectivity index (χ0n) is 13.2. The molecule has 112 valence electrons. The average Bonchev–Trinajstić information content (AvgIpc) is 2.45. The molecule has 0 heterocycles. The maximum absolute atomic E-state index is 12.3. The van der Waals surface area contributed by atoms with Crippen molar-refractivity contribution in [2.75, 3.05) is 12.4 Å². The van der Waals surface area contributed by atoms with Gasteiger partial charge < -0.3 is 11.1 Å². The van der Waals surface area contributed by atoms with Crippen LogP contribution in [0, 0.1) is 5.92 Å². The van der Waals surface area contributed by atoms with Gasteiger partial charge in [0.05, 0.1) is 6.04 Å². The number of hydrogen-bond donors (Lipinski definition) is 2. The van der Waals surface area contributed by atoms with Gasteiger partial charge in [-0.15, -0.1) is 0 Å². The van der Waals surface area contributed by atoms with Crippen LogP contribution in [0.25, 0.3) is 0 Å². The molecule has 2 unspecified atom stereocenters. The summed E-state index contributed by atoms with van der Waals surface area (Å²) >= 11 is 0. The third-order valence-corrected chi connectivity index (χ3v) is 4.05. The Morgan fingerprint density at radius 2 is 1.75 bits per heavy atom. The molecule has 0 bridgehead atoms. The summed E-state index contributed by atoms with van der Waals surface area (Å²) in [5.74, 6) is 0.527. The number of nitrogens with one attached hydrogen (secondary N) is 1. The normalized spacial score (nSPS) is 14.4. The van der Waals surface area contributed by atoms with Gasteiger partial charge in [-0.25, -0.2) is 0 Å². The molecule has 0 spiro atoms. The highest BCUT2D eigenvalue weighted by Crippen LogP contribution is 2.14. The molecule has 0 aliphatic heterocycles. The molecule has 0 aliphatic rings. The second-order valence-electron chi connectivity index (χ2n) is 5.72. The molecule has 0 aromatic heterocycles. The van der Waals surface area contributed by atoms with E-state index >= 15 is 0 Å². The lowest BCUT2D eigenvalue weighted by Gasteiger charge is -2.32. The number of rotatable bonds is 6. The number of anilines is 1. The van der Waals surface area contributed by atoms with Crippen LogP contribution in [-0.4, -0.2) is 29.9 Å². The molecule has 0 aliphatic carbocycles. The maximum atomic E-state index is 12.3. The van der Waals surface area contributed by atoms with Gasteiger partial charge in [0, 0.05) is 18.3 Å². The summed E-state index contributed by atoms with van der Waals surface area (Å²) in [6, 6.07) is 7.83. The van der Waals surface area contributed by atoms with E-state index in [0.29, 0.717) is 18.5 Å². The lowest BCUT2D eigenvalue weighted by molar-refractivity contribution is -0.121. The summed E-state index contributed by atoms with van der Waals surface area (Å²) < 4.78 is 0. The molecule has 2 atom stereocenters. The molecule has 3 N–H and O–H groups in total. The Balaban J connectivity index is 2.65. The number of hydrogen-bond acceptors (Lipinski definition) is 3. The van der Waals surface area contributed by atoms with Gasteiger partial charge >= 0.3 is 0 Å². The summed E-state index contributed by atoms with van der Waals surface area (Å²) in [5, 5.41) is 2.95. The summed E-state index contributed by atoms with van der Waals surface area (Å²) in [6.07, 6.45) is 0. The standard InChI is InChI=1S/C16H27N3O/c1-11(2)12(3)19(5)13(4)16(20)18-15-8-6-14(10-17)7-9-15/h6-9,11-13H,10,17H2,1-5H3,(H,18,20). The van der Waals surface area contributed by atoms with E-state index in [4.69, 9.17) is 5.73 Å². The molecule has 4 heteroatoms. The molecule has 0 saturated heterocycles. The van der Waals surface area contributed by atoms with Crippen LogP contribution in [0.5, 0.6) is 0 Å². The van der Waals surface area contributed by atoms with E-state index in [1.165, 1.54) is 0 Å². The lowest BCUT2D eigenvalue weighted by atomic mass is 10.0. The van der Waals surface area contributed by atoms with Gasteiger partial charge in [-0.2, -0.15) is 0 Å². The molecule has 0 radical (unpaired) electrons. The van der Waals surface area contributed by atoms with Crippen LogP contribution >= 0.6 is 0 Å². The number of amides is 1. The topological polar surface area (TPSA) is 58.4 Å². The van der Waals surface area contributed by atoms with Crippen LogP contribution in [0.1, 0.15) is 33.3 Å². The van der Waals surface area contributed by atoms with E-state index in [9.17, 15) is 4.79 Å². The Hall–Kier alpha value is -1.39. The van der Waals surface area contributed by atoms with E-state index in [2.05, 4.69) is 31.0 Å². The molecule has 1 aromatic carbocycles. The van der Waals surface area contributed by atoms with Gasteiger partial charge in [0.15, 0.2) is 0 Å². The van der Waals surface area contributed by atoms with Crippen molar-refractivity contribution in [1.29, 1.82) is 0 Å². The van der Waals surface area contributed by atoms with Gasteiger partial charge in [-0.05, 0) is 44.5 Å². The monoisotopic (exact) mass is 277 g/mol. The number of benzene rings is 1. The fourth-order valence-corrected chi connectivity index (χ4v) is 1.98. The number of nitrogens with two attached hydrogens (primary N) is 1. The van der Waals surface area contributed by atoms with Crippen molar-refractivity contribution in [3.63, 3.8) is 0 Å². The molecule has 1 rings (SSSR count).